The second-order valence-corrected chi connectivity index (χ2v) is 5.29. The molecule has 0 bridgehead atoms. The molecule has 0 aromatic carbocycles. The Balaban J connectivity index is 2.99. The van der Waals surface area contributed by atoms with Gasteiger partial charge in [0.25, 0.3) is 0 Å². The summed E-state index contributed by atoms with van der Waals surface area (Å²) in [6.45, 7) is 13.9. The highest BCUT2D eigenvalue weighted by Gasteiger charge is 2.08. The van der Waals surface area contributed by atoms with Gasteiger partial charge in [0.2, 0.25) is 0 Å². The van der Waals surface area contributed by atoms with Gasteiger partial charge < -0.3 is 14.8 Å². The Hall–Kier alpha value is -0.120. The Labute approximate surface area is 101 Å². The van der Waals surface area contributed by atoms with E-state index in [1.807, 2.05) is 0 Å². The van der Waals surface area contributed by atoms with E-state index in [4.69, 9.17) is 9.47 Å². The largest absolute Gasteiger partial charge is 0.379 e. The highest BCUT2D eigenvalue weighted by Crippen LogP contribution is 2.16. The first kappa shape index (κ1) is 15.9. The average Bonchev–Trinajstić information content (AvgIpc) is 2.19. The highest BCUT2D eigenvalue weighted by atomic mass is 16.5. The van der Waals surface area contributed by atoms with E-state index in [1.165, 1.54) is 6.42 Å². The minimum absolute atomic E-state index is 0.419. The maximum Gasteiger partial charge on any atom is 0.0701 e. The molecule has 0 unspecified atom stereocenters. The molecule has 0 rings (SSSR count). The second-order valence-electron chi connectivity index (χ2n) is 5.29. The molecule has 0 saturated carbocycles. The minimum atomic E-state index is 0.419. The first-order valence-corrected chi connectivity index (χ1v) is 6.42. The molecule has 0 fully saturated rings. The maximum absolute atomic E-state index is 5.42. The fourth-order valence-corrected chi connectivity index (χ4v) is 1.20. The smallest absolute Gasteiger partial charge is 0.0701 e. The van der Waals surface area contributed by atoms with Crippen LogP contribution in [0.5, 0.6) is 0 Å². The summed E-state index contributed by atoms with van der Waals surface area (Å²) in [6.07, 6.45) is 2.28. The first-order chi connectivity index (χ1) is 7.56. The fourth-order valence-electron chi connectivity index (χ4n) is 1.20. The zero-order valence-electron chi connectivity index (χ0n) is 11.5. The Kier molecular flexibility index (Phi) is 9.99. The van der Waals surface area contributed by atoms with Gasteiger partial charge in [-0.15, -0.1) is 0 Å². The summed E-state index contributed by atoms with van der Waals surface area (Å²) in [4.78, 5) is 0. The van der Waals surface area contributed by atoms with Gasteiger partial charge in [0.15, 0.2) is 0 Å². The molecule has 3 heteroatoms. The first-order valence-electron chi connectivity index (χ1n) is 6.42. The fraction of sp³-hybridized carbons (Fsp3) is 1.00. The van der Waals surface area contributed by atoms with E-state index in [9.17, 15) is 0 Å². The maximum atomic E-state index is 5.42. The van der Waals surface area contributed by atoms with Gasteiger partial charge >= 0.3 is 0 Å². The van der Waals surface area contributed by atoms with Crippen LogP contribution in [0.25, 0.3) is 0 Å². The van der Waals surface area contributed by atoms with E-state index < -0.39 is 0 Å². The molecule has 0 aliphatic heterocycles. The van der Waals surface area contributed by atoms with Crippen LogP contribution in [-0.4, -0.2) is 39.5 Å². The average molecular weight is 231 g/mol. The van der Waals surface area contributed by atoms with Crippen molar-refractivity contribution in [3.63, 3.8) is 0 Å². The lowest BCUT2D eigenvalue weighted by molar-refractivity contribution is 0.0490. The van der Waals surface area contributed by atoms with Crippen molar-refractivity contribution in [2.24, 2.45) is 5.41 Å². The lowest BCUT2D eigenvalue weighted by Crippen LogP contribution is -2.24. The molecular formula is C13H29NO2. The molecule has 16 heavy (non-hydrogen) atoms. The number of rotatable bonds is 10. The molecule has 0 saturated heterocycles. The van der Waals surface area contributed by atoms with E-state index in [0.717, 1.165) is 39.3 Å². The van der Waals surface area contributed by atoms with Crippen LogP contribution in [0.15, 0.2) is 0 Å². The molecule has 0 heterocycles. The third-order valence-electron chi connectivity index (χ3n) is 2.20. The molecule has 0 aromatic rings. The van der Waals surface area contributed by atoms with Gasteiger partial charge in [-0.2, -0.15) is 0 Å². The van der Waals surface area contributed by atoms with Gasteiger partial charge in [0.1, 0.15) is 0 Å². The van der Waals surface area contributed by atoms with Crippen LogP contribution < -0.4 is 5.32 Å². The van der Waals surface area contributed by atoms with Crippen LogP contribution >= 0.6 is 0 Å². The minimum Gasteiger partial charge on any atom is -0.379 e. The summed E-state index contributed by atoms with van der Waals surface area (Å²) in [5.74, 6) is 0. The molecule has 0 aliphatic rings. The van der Waals surface area contributed by atoms with Gasteiger partial charge in [-0.1, -0.05) is 27.7 Å². The molecule has 0 aromatic heterocycles. The predicted molar refractivity (Wildman–Crippen MR) is 68.9 cm³/mol. The Morgan fingerprint density at radius 1 is 0.875 bits per heavy atom. The summed E-state index contributed by atoms with van der Waals surface area (Å²) in [5, 5.41) is 3.38. The van der Waals surface area contributed by atoms with Crippen molar-refractivity contribution < 1.29 is 9.47 Å². The summed E-state index contributed by atoms with van der Waals surface area (Å²) >= 11 is 0. The van der Waals surface area contributed by atoms with Gasteiger partial charge in [0, 0.05) is 13.2 Å². The molecule has 3 nitrogen and oxygen atoms in total. The molecule has 1 N–H and O–H groups in total. The quantitative estimate of drug-likeness (QED) is 0.586. The zero-order chi connectivity index (χ0) is 12.3. The second kappa shape index (κ2) is 10.1. The Morgan fingerprint density at radius 3 is 2.06 bits per heavy atom. The predicted octanol–water partition coefficient (Wildman–Crippen LogP) is 2.46. The van der Waals surface area contributed by atoms with Crippen molar-refractivity contribution in [3.8, 4) is 0 Å². The van der Waals surface area contributed by atoms with Gasteiger partial charge in [-0.05, 0) is 24.8 Å². The monoisotopic (exact) mass is 231 g/mol. The van der Waals surface area contributed by atoms with Crippen molar-refractivity contribution in [1.82, 2.24) is 5.32 Å². The lowest BCUT2D eigenvalue weighted by Gasteiger charge is -2.18. The van der Waals surface area contributed by atoms with Crippen LogP contribution in [0.4, 0.5) is 0 Å². The van der Waals surface area contributed by atoms with Crippen LogP contribution in [0, 0.1) is 5.41 Å². The topological polar surface area (TPSA) is 30.5 Å². The van der Waals surface area contributed by atoms with Crippen molar-refractivity contribution in [2.45, 2.75) is 40.5 Å². The van der Waals surface area contributed by atoms with E-state index in [1.54, 1.807) is 0 Å². The lowest BCUT2D eigenvalue weighted by atomic mass is 9.92. The third-order valence-corrected chi connectivity index (χ3v) is 2.20. The molecule has 0 amide bonds. The summed E-state index contributed by atoms with van der Waals surface area (Å²) < 4.78 is 10.7. The van der Waals surface area contributed by atoms with Gasteiger partial charge in [-0.25, -0.2) is 0 Å². The van der Waals surface area contributed by atoms with Gasteiger partial charge in [-0.3, -0.25) is 0 Å². The molecule has 0 aliphatic carbocycles. The van der Waals surface area contributed by atoms with Crippen molar-refractivity contribution >= 4 is 0 Å². The highest BCUT2D eigenvalue weighted by molar-refractivity contribution is 4.62. The van der Waals surface area contributed by atoms with Crippen molar-refractivity contribution in [3.05, 3.63) is 0 Å². The standard InChI is InChI=1S/C13H29NO2/c1-5-9-15-11-12-16-10-8-14-7-6-13(2,3)4/h14H,5-12H2,1-4H3. The van der Waals surface area contributed by atoms with Crippen LogP contribution in [0.1, 0.15) is 40.5 Å². The van der Waals surface area contributed by atoms with Crippen LogP contribution in [0.3, 0.4) is 0 Å². The molecule has 98 valence electrons. The molecular weight excluding hydrogens is 202 g/mol. The third kappa shape index (κ3) is 13.9. The van der Waals surface area contributed by atoms with E-state index in [0.29, 0.717) is 12.0 Å². The Bertz CT molecular complexity index is 143. The number of hydrogen-bond acceptors (Lipinski definition) is 3. The summed E-state index contributed by atoms with van der Waals surface area (Å²) in [6, 6.07) is 0. The zero-order valence-corrected chi connectivity index (χ0v) is 11.5. The summed E-state index contributed by atoms with van der Waals surface area (Å²) in [5.41, 5.74) is 0.419. The molecule has 0 radical (unpaired) electrons. The summed E-state index contributed by atoms with van der Waals surface area (Å²) in [7, 11) is 0. The normalized spacial score (nSPS) is 12.0. The van der Waals surface area contributed by atoms with Crippen LogP contribution in [-0.2, 0) is 9.47 Å². The van der Waals surface area contributed by atoms with E-state index in [2.05, 4.69) is 33.0 Å². The number of hydrogen-bond donors (Lipinski definition) is 1. The van der Waals surface area contributed by atoms with Crippen molar-refractivity contribution in [2.75, 3.05) is 39.5 Å². The van der Waals surface area contributed by atoms with Crippen LogP contribution in [0.2, 0.25) is 0 Å². The van der Waals surface area contributed by atoms with Crippen molar-refractivity contribution in [1.29, 1.82) is 0 Å². The number of ether oxygens (including phenoxy) is 2. The van der Waals surface area contributed by atoms with E-state index >= 15 is 0 Å². The molecule has 0 atom stereocenters. The number of nitrogens with one attached hydrogen (secondary N) is 1. The molecule has 0 spiro atoms. The van der Waals surface area contributed by atoms with E-state index in [-0.39, 0.29) is 0 Å². The Morgan fingerprint density at radius 2 is 1.50 bits per heavy atom. The van der Waals surface area contributed by atoms with Gasteiger partial charge in [0.05, 0.1) is 19.8 Å². The SMILES string of the molecule is CCCOCCOCCNCCC(C)(C)C.